The lowest BCUT2D eigenvalue weighted by Gasteiger charge is -2.25. The quantitative estimate of drug-likeness (QED) is 0.900. The van der Waals surface area contributed by atoms with Crippen LogP contribution in [0.15, 0.2) is 18.2 Å². The van der Waals surface area contributed by atoms with E-state index in [1.54, 1.807) is 12.1 Å². The highest BCUT2D eigenvalue weighted by atomic mass is 19.1. The number of nitrogens with one attached hydrogen (secondary N) is 2. The first-order valence-electron chi connectivity index (χ1n) is 8.13. The Hall–Kier alpha value is -1.46. The molecule has 1 aromatic rings. The van der Waals surface area contributed by atoms with Gasteiger partial charge >= 0.3 is 0 Å². The van der Waals surface area contributed by atoms with Crippen molar-refractivity contribution < 1.29 is 13.9 Å². The largest absolute Gasteiger partial charge is 0.381 e. The van der Waals surface area contributed by atoms with Gasteiger partial charge in [0.05, 0.1) is 0 Å². The van der Waals surface area contributed by atoms with E-state index >= 15 is 0 Å². The Labute approximate surface area is 130 Å². The summed E-state index contributed by atoms with van der Waals surface area (Å²) in [6, 6.07) is 4.90. The third-order valence-corrected chi connectivity index (χ3v) is 4.59. The van der Waals surface area contributed by atoms with Crippen LogP contribution in [-0.2, 0) is 4.74 Å². The molecule has 2 saturated heterocycles. The van der Waals surface area contributed by atoms with Gasteiger partial charge in [-0.3, -0.25) is 4.79 Å². The van der Waals surface area contributed by atoms with Crippen LogP contribution in [0.3, 0.4) is 0 Å². The predicted molar refractivity (Wildman–Crippen MR) is 82.6 cm³/mol. The number of piperidine rings is 1. The highest BCUT2D eigenvalue weighted by Gasteiger charge is 2.21. The molecule has 2 heterocycles. The van der Waals surface area contributed by atoms with Crippen molar-refractivity contribution in [3.05, 3.63) is 35.1 Å². The lowest BCUT2D eigenvalue weighted by Crippen LogP contribution is -2.39. The van der Waals surface area contributed by atoms with Crippen molar-refractivity contribution in [3.63, 3.8) is 0 Å². The maximum absolute atomic E-state index is 14.1. The van der Waals surface area contributed by atoms with Gasteiger partial charge in [0.15, 0.2) is 0 Å². The summed E-state index contributed by atoms with van der Waals surface area (Å²) in [5, 5.41) is 6.31. The van der Waals surface area contributed by atoms with Crippen LogP contribution in [-0.4, -0.2) is 38.3 Å². The average molecular weight is 306 g/mol. The molecule has 2 aliphatic heterocycles. The minimum absolute atomic E-state index is 0.109. The summed E-state index contributed by atoms with van der Waals surface area (Å²) >= 11 is 0. The first-order valence-corrected chi connectivity index (χ1v) is 8.13. The molecule has 120 valence electrons. The van der Waals surface area contributed by atoms with Crippen LogP contribution in [0.25, 0.3) is 0 Å². The molecule has 1 aromatic carbocycles. The molecular formula is C17H23FN2O2. The van der Waals surface area contributed by atoms with Crippen LogP contribution in [0.1, 0.15) is 47.5 Å². The van der Waals surface area contributed by atoms with Gasteiger partial charge in [-0.2, -0.15) is 0 Å². The minimum atomic E-state index is -0.200. The van der Waals surface area contributed by atoms with E-state index in [4.69, 9.17) is 4.74 Å². The van der Waals surface area contributed by atoms with Gasteiger partial charge in [-0.15, -0.1) is 0 Å². The van der Waals surface area contributed by atoms with Crippen LogP contribution in [0.2, 0.25) is 0 Å². The SMILES string of the molecule is O=C(NC1CCOCC1)c1ccc(F)c(C2CCNCC2)c1. The second-order valence-electron chi connectivity index (χ2n) is 6.12. The zero-order chi connectivity index (χ0) is 15.4. The standard InChI is InChI=1S/C17H23FN2O2/c18-16-2-1-13(11-15(16)12-3-7-19-8-4-12)17(21)20-14-5-9-22-10-6-14/h1-2,11-12,14,19H,3-10H2,(H,20,21). The van der Waals surface area contributed by atoms with E-state index in [0.29, 0.717) is 24.3 Å². The molecule has 0 atom stereocenters. The fourth-order valence-electron chi connectivity index (χ4n) is 3.24. The van der Waals surface area contributed by atoms with Gasteiger partial charge in [-0.1, -0.05) is 0 Å². The van der Waals surface area contributed by atoms with Crippen LogP contribution in [0, 0.1) is 5.82 Å². The molecule has 5 heteroatoms. The van der Waals surface area contributed by atoms with E-state index in [9.17, 15) is 9.18 Å². The Morgan fingerprint density at radius 2 is 1.91 bits per heavy atom. The van der Waals surface area contributed by atoms with Crippen molar-refractivity contribution >= 4 is 5.91 Å². The number of hydrogen-bond acceptors (Lipinski definition) is 3. The molecular weight excluding hydrogens is 283 g/mol. The van der Waals surface area contributed by atoms with Gasteiger partial charge in [-0.05, 0) is 68.5 Å². The van der Waals surface area contributed by atoms with Crippen LogP contribution in [0.5, 0.6) is 0 Å². The van der Waals surface area contributed by atoms with Crippen LogP contribution < -0.4 is 10.6 Å². The molecule has 0 aromatic heterocycles. The highest BCUT2D eigenvalue weighted by molar-refractivity contribution is 5.94. The Bertz CT molecular complexity index is 523. The molecule has 0 unspecified atom stereocenters. The van der Waals surface area contributed by atoms with E-state index in [1.165, 1.54) is 6.07 Å². The molecule has 1 amide bonds. The van der Waals surface area contributed by atoms with Crippen molar-refractivity contribution in [3.8, 4) is 0 Å². The normalized spacial score (nSPS) is 20.8. The molecule has 0 aliphatic carbocycles. The van der Waals surface area contributed by atoms with Gasteiger partial charge in [0.1, 0.15) is 5.82 Å². The average Bonchev–Trinajstić information content (AvgIpc) is 2.57. The summed E-state index contributed by atoms with van der Waals surface area (Å²) in [6.45, 7) is 3.19. The van der Waals surface area contributed by atoms with E-state index in [1.807, 2.05) is 0 Å². The Balaban J connectivity index is 1.71. The Morgan fingerprint density at radius 1 is 1.18 bits per heavy atom. The van der Waals surface area contributed by atoms with Crippen molar-refractivity contribution in [1.82, 2.24) is 10.6 Å². The summed E-state index contributed by atoms with van der Waals surface area (Å²) < 4.78 is 19.4. The molecule has 0 spiro atoms. The smallest absolute Gasteiger partial charge is 0.251 e. The van der Waals surface area contributed by atoms with Crippen molar-refractivity contribution in [2.24, 2.45) is 0 Å². The van der Waals surface area contributed by atoms with Crippen LogP contribution in [0.4, 0.5) is 4.39 Å². The zero-order valence-electron chi connectivity index (χ0n) is 12.7. The zero-order valence-corrected chi connectivity index (χ0v) is 12.7. The summed E-state index contributed by atoms with van der Waals surface area (Å²) in [4.78, 5) is 12.4. The summed E-state index contributed by atoms with van der Waals surface area (Å²) in [6.07, 6.45) is 3.52. The minimum Gasteiger partial charge on any atom is -0.381 e. The molecule has 0 radical (unpaired) electrons. The van der Waals surface area contributed by atoms with Crippen molar-refractivity contribution in [2.45, 2.75) is 37.6 Å². The number of rotatable bonds is 3. The third kappa shape index (κ3) is 3.65. The number of halogens is 1. The monoisotopic (exact) mass is 306 g/mol. The van der Waals surface area contributed by atoms with E-state index in [2.05, 4.69) is 10.6 Å². The molecule has 0 bridgehead atoms. The summed E-state index contributed by atoms with van der Waals surface area (Å²) in [5.74, 6) is -0.103. The first-order chi connectivity index (χ1) is 10.7. The molecule has 4 nitrogen and oxygen atoms in total. The maximum Gasteiger partial charge on any atom is 0.251 e. The molecule has 0 saturated carbocycles. The van der Waals surface area contributed by atoms with Gasteiger partial charge in [0.2, 0.25) is 0 Å². The lowest BCUT2D eigenvalue weighted by molar-refractivity contribution is 0.0696. The highest BCUT2D eigenvalue weighted by Crippen LogP contribution is 2.28. The van der Waals surface area contributed by atoms with Gasteiger partial charge in [0.25, 0.3) is 5.91 Å². The van der Waals surface area contributed by atoms with Crippen molar-refractivity contribution in [2.75, 3.05) is 26.3 Å². The fourth-order valence-corrected chi connectivity index (χ4v) is 3.24. The Morgan fingerprint density at radius 3 is 2.64 bits per heavy atom. The number of hydrogen-bond donors (Lipinski definition) is 2. The number of carbonyl (C=O) groups is 1. The van der Waals surface area contributed by atoms with E-state index in [-0.39, 0.29) is 23.7 Å². The van der Waals surface area contributed by atoms with Crippen LogP contribution >= 0.6 is 0 Å². The fraction of sp³-hybridized carbons (Fsp3) is 0.588. The number of ether oxygens (including phenoxy) is 1. The number of carbonyl (C=O) groups excluding carboxylic acids is 1. The topological polar surface area (TPSA) is 50.4 Å². The molecule has 2 aliphatic rings. The van der Waals surface area contributed by atoms with Gasteiger partial charge in [0, 0.05) is 24.8 Å². The molecule has 2 N–H and O–H groups in total. The van der Waals surface area contributed by atoms with E-state index in [0.717, 1.165) is 38.8 Å². The summed E-state index contributed by atoms with van der Waals surface area (Å²) in [5.41, 5.74) is 1.24. The number of benzene rings is 1. The Kier molecular flexibility index (Phi) is 5.05. The second kappa shape index (κ2) is 7.20. The predicted octanol–water partition coefficient (Wildman–Crippen LogP) is 2.20. The summed E-state index contributed by atoms with van der Waals surface area (Å²) in [7, 11) is 0. The van der Waals surface area contributed by atoms with Crippen molar-refractivity contribution in [1.29, 1.82) is 0 Å². The van der Waals surface area contributed by atoms with Gasteiger partial charge < -0.3 is 15.4 Å². The maximum atomic E-state index is 14.1. The molecule has 22 heavy (non-hydrogen) atoms. The third-order valence-electron chi connectivity index (χ3n) is 4.59. The second-order valence-corrected chi connectivity index (χ2v) is 6.12. The lowest BCUT2D eigenvalue weighted by atomic mass is 9.89. The van der Waals surface area contributed by atoms with E-state index < -0.39 is 0 Å². The molecule has 3 rings (SSSR count). The number of amides is 1. The molecule has 2 fully saturated rings. The van der Waals surface area contributed by atoms with Gasteiger partial charge in [-0.25, -0.2) is 4.39 Å². The first kappa shape index (κ1) is 15.4.